The first-order chi connectivity index (χ1) is 23.5. The summed E-state index contributed by atoms with van der Waals surface area (Å²) in [5, 5.41) is 3.50. The molecule has 0 radical (unpaired) electrons. The lowest BCUT2D eigenvalue weighted by Gasteiger charge is -2.23. The van der Waals surface area contributed by atoms with Gasteiger partial charge in [-0.3, -0.25) is 0 Å². The number of hydrogen-bond acceptors (Lipinski definition) is 6. The topological polar surface area (TPSA) is 28.2 Å². The fraction of sp³-hybridized carbons (Fsp3) is 0.442. The van der Waals surface area contributed by atoms with E-state index in [1.54, 1.807) is 0 Å². The van der Waals surface area contributed by atoms with Gasteiger partial charge < -0.3 is 29.8 Å². The van der Waals surface area contributed by atoms with Gasteiger partial charge in [-0.1, -0.05) is 98.7 Å². The van der Waals surface area contributed by atoms with Gasteiger partial charge in [0.2, 0.25) is 0 Å². The van der Waals surface area contributed by atoms with Crippen LogP contribution in [0.1, 0.15) is 62.8 Å². The summed E-state index contributed by atoms with van der Waals surface area (Å²) in [5.74, 6) is 0. The van der Waals surface area contributed by atoms with E-state index >= 15 is 0 Å². The first kappa shape index (κ1) is 52.9. The summed E-state index contributed by atoms with van der Waals surface area (Å²) in [6.07, 6.45) is 0. The molecule has 0 saturated heterocycles. The summed E-state index contributed by atoms with van der Waals surface area (Å²) in [7, 11) is 20.2. The normalized spacial score (nSPS) is 8.62. The molecule has 0 aromatic heterocycles. The van der Waals surface area contributed by atoms with Crippen molar-refractivity contribution in [2.45, 2.75) is 62.8 Å². The molecule has 0 spiro atoms. The van der Waals surface area contributed by atoms with E-state index in [1.165, 1.54) is 28.4 Å². The minimum atomic E-state index is 0. The number of halogens is 1. The van der Waals surface area contributed by atoms with E-state index in [0.717, 1.165) is 16.4 Å². The molecule has 4 aromatic rings. The Hall–Kier alpha value is -3.87. The maximum Gasteiger partial charge on any atom is 0.0428 e. The van der Waals surface area contributed by atoms with Gasteiger partial charge in [-0.05, 0) is 86.9 Å². The highest BCUT2D eigenvalue weighted by atomic mass is 35.5. The monoisotopic (exact) mass is 711 g/mol. The van der Waals surface area contributed by atoms with Crippen LogP contribution in [0.25, 0.3) is 0 Å². The standard InChI is InChI=1S/C17H23N3.C15H17ClN2.C2H7N.4C2H6.CH4/c1-18(2)14-8-6-10-16(12-14)20(5)17-11-7-9-15(13-17)19(3)4;1-17(2)13-7-5-9-15(11-13)18(3)14-8-4-6-12(16)10-14;1-3-2;4*1-2;/h6-13H,1-5H3;4-11H,1-3H3;3H,1-2H3;4*1-2H3;1H4. The fourth-order valence-electron chi connectivity index (χ4n) is 3.92. The maximum atomic E-state index is 6.02. The smallest absolute Gasteiger partial charge is 0.0428 e. The van der Waals surface area contributed by atoms with Crippen molar-refractivity contribution in [3.63, 3.8) is 0 Å². The van der Waals surface area contributed by atoms with Crippen molar-refractivity contribution in [1.29, 1.82) is 0 Å². The lowest BCUT2D eigenvalue weighted by molar-refractivity contribution is 1.02. The van der Waals surface area contributed by atoms with Crippen LogP contribution in [0.15, 0.2) is 97.1 Å². The zero-order valence-corrected chi connectivity index (χ0v) is 35.1. The van der Waals surface area contributed by atoms with Crippen molar-refractivity contribution < 1.29 is 0 Å². The maximum absolute atomic E-state index is 6.02. The van der Waals surface area contributed by atoms with Crippen molar-refractivity contribution in [1.82, 2.24) is 5.32 Å². The lowest BCUT2D eigenvalue weighted by atomic mass is 10.2. The quantitative estimate of drug-likeness (QED) is 0.205. The molecule has 50 heavy (non-hydrogen) atoms. The molecule has 0 atom stereocenters. The molecule has 0 aliphatic heterocycles. The molecular weight excluding hydrogens is 636 g/mol. The van der Waals surface area contributed by atoms with E-state index in [-0.39, 0.29) is 7.43 Å². The number of hydrogen-bond donors (Lipinski definition) is 1. The molecule has 0 bridgehead atoms. The third-order valence-corrected chi connectivity index (χ3v) is 6.63. The molecule has 4 aromatic carbocycles. The van der Waals surface area contributed by atoms with E-state index in [9.17, 15) is 0 Å². The first-order valence-electron chi connectivity index (χ1n) is 17.6. The van der Waals surface area contributed by atoms with Gasteiger partial charge in [0.1, 0.15) is 0 Å². The Balaban J connectivity index is -0.000000327. The highest BCUT2D eigenvalue weighted by Crippen LogP contribution is 2.30. The second-order valence-electron chi connectivity index (χ2n) is 10.3. The Morgan fingerprint density at radius 2 is 0.580 bits per heavy atom. The zero-order valence-electron chi connectivity index (χ0n) is 34.4. The summed E-state index contributed by atoms with van der Waals surface area (Å²) >= 11 is 6.02. The molecule has 1 N–H and O–H groups in total. The zero-order chi connectivity index (χ0) is 38.5. The number of anilines is 7. The molecule has 0 heterocycles. The largest absolute Gasteiger partial charge is 0.378 e. The van der Waals surface area contributed by atoms with Gasteiger partial charge >= 0.3 is 0 Å². The molecule has 4 rings (SSSR count). The summed E-state index contributed by atoms with van der Waals surface area (Å²) in [5.41, 5.74) is 8.19. The molecule has 0 amide bonds. The van der Waals surface area contributed by atoms with E-state index in [4.69, 9.17) is 11.6 Å². The van der Waals surface area contributed by atoms with E-state index in [1.807, 2.05) is 115 Å². The summed E-state index contributed by atoms with van der Waals surface area (Å²) in [6.45, 7) is 16.0. The van der Waals surface area contributed by atoms with Crippen molar-refractivity contribution in [2.24, 2.45) is 0 Å². The second kappa shape index (κ2) is 32.3. The van der Waals surface area contributed by atoms with Gasteiger partial charge in [0.25, 0.3) is 0 Å². The van der Waals surface area contributed by atoms with Gasteiger partial charge in [-0.25, -0.2) is 0 Å². The SMILES string of the molecule is C.CC.CC.CC.CC.CN(C)c1cccc(N(C)c2cccc(Cl)c2)c1.CN(C)c1cccc(N(C)c2cccc(N(C)C)c2)c1.CNC. The minimum absolute atomic E-state index is 0. The van der Waals surface area contributed by atoms with Crippen LogP contribution in [-0.4, -0.2) is 70.5 Å². The first-order valence-corrected chi connectivity index (χ1v) is 18.0. The summed E-state index contributed by atoms with van der Waals surface area (Å²) < 4.78 is 0. The van der Waals surface area contributed by atoms with Gasteiger partial charge in [-0.15, -0.1) is 0 Å². The Labute approximate surface area is 315 Å². The summed E-state index contributed by atoms with van der Waals surface area (Å²) in [6, 6.07) is 33.3. The highest BCUT2D eigenvalue weighted by molar-refractivity contribution is 6.30. The van der Waals surface area contributed by atoms with Crippen molar-refractivity contribution in [2.75, 3.05) is 95.0 Å². The average Bonchev–Trinajstić information content (AvgIpc) is 3.15. The van der Waals surface area contributed by atoms with Gasteiger partial charge in [0, 0.05) is 101 Å². The molecule has 6 nitrogen and oxygen atoms in total. The Kier molecular flexibility index (Phi) is 34.2. The van der Waals surface area contributed by atoms with Gasteiger partial charge in [-0.2, -0.15) is 0 Å². The highest BCUT2D eigenvalue weighted by Gasteiger charge is 2.08. The third-order valence-electron chi connectivity index (χ3n) is 6.40. The van der Waals surface area contributed by atoms with Crippen LogP contribution in [0, 0.1) is 0 Å². The molecule has 0 aliphatic rings. The lowest BCUT2D eigenvalue weighted by Crippen LogP contribution is -2.13. The number of nitrogens with one attached hydrogen (secondary N) is 1. The fourth-order valence-corrected chi connectivity index (χ4v) is 4.11. The van der Waals surface area contributed by atoms with E-state index in [0.29, 0.717) is 0 Å². The Morgan fingerprint density at radius 1 is 0.380 bits per heavy atom. The molecule has 7 heteroatoms. The number of benzene rings is 4. The Morgan fingerprint density at radius 3 is 0.800 bits per heavy atom. The van der Waals surface area contributed by atoms with Crippen LogP contribution in [0.2, 0.25) is 5.02 Å². The van der Waals surface area contributed by atoms with Crippen molar-refractivity contribution in [3.8, 4) is 0 Å². The number of nitrogens with zero attached hydrogens (tertiary/aromatic N) is 5. The predicted octanol–water partition coefficient (Wildman–Crippen LogP) is 12.3. The van der Waals surface area contributed by atoms with Crippen LogP contribution in [0.5, 0.6) is 0 Å². The molecule has 0 saturated carbocycles. The van der Waals surface area contributed by atoms with Crippen LogP contribution >= 0.6 is 11.6 Å². The van der Waals surface area contributed by atoms with Gasteiger partial charge in [0.15, 0.2) is 0 Å². The number of rotatable bonds is 7. The van der Waals surface area contributed by atoms with Crippen LogP contribution in [0.4, 0.5) is 39.8 Å². The Bertz CT molecular complexity index is 1290. The minimum Gasteiger partial charge on any atom is -0.378 e. The second-order valence-corrected chi connectivity index (χ2v) is 10.8. The summed E-state index contributed by atoms with van der Waals surface area (Å²) in [4.78, 5) is 10.7. The van der Waals surface area contributed by atoms with Crippen molar-refractivity contribution in [3.05, 3.63) is 102 Å². The van der Waals surface area contributed by atoms with Crippen molar-refractivity contribution >= 4 is 51.4 Å². The van der Waals surface area contributed by atoms with E-state index in [2.05, 4.69) is 138 Å². The van der Waals surface area contributed by atoms with Crippen LogP contribution < -0.4 is 29.8 Å². The average molecular weight is 712 g/mol. The molecule has 0 fully saturated rings. The molecule has 284 valence electrons. The molecule has 0 unspecified atom stereocenters. The van der Waals surface area contributed by atoms with E-state index < -0.39 is 0 Å². The molecular formula is C43H75ClN6. The molecule has 0 aliphatic carbocycles. The van der Waals surface area contributed by atoms with Crippen LogP contribution in [0.3, 0.4) is 0 Å². The third kappa shape index (κ3) is 20.0. The predicted molar refractivity (Wildman–Crippen MR) is 237 cm³/mol. The van der Waals surface area contributed by atoms with Crippen LogP contribution in [-0.2, 0) is 0 Å². The van der Waals surface area contributed by atoms with Gasteiger partial charge in [0.05, 0.1) is 0 Å².